The molecule has 0 spiro atoms. The van der Waals surface area contributed by atoms with Gasteiger partial charge in [0.1, 0.15) is 5.82 Å². The van der Waals surface area contributed by atoms with Gasteiger partial charge in [0.2, 0.25) is 0 Å². The van der Waals surface area contributed by atoms with E-state index >= 15 is 0 Å². The van der Waals surface area contributed by atoms with Gasteiger partial charge in [-0.2, -0.15) is 13.2 Å². The van der Waals surface area contributed by atoms with Gasteiger partial charge in [0.05, 0.1) is 23.1 Å². The van der Waals surface area contributed by atoms with E-state index in [1.54, 1.807) is 13.0 Å². The first kappa shape index (κ1) is 13.6. The molecule has 6 heteroatoms. The number of benzene rings is 1. The molecule has 1 heterocycles. The molecule has 0 amide bonds. The maximum absolute atomic E-state index is 12.3. The molecule has 102 valence electrons. The van der Waals surface area contributed by atoms with E-state index in [1.165, 1.54) is 6.92 Å². The van der Waals surface area contributed by atoms with Crippen molar-refractivity contribution in [2.24, 2.45) is 0 Å². The standard InChI is InChI=1S/C13H14F3N3/c1-8(7-13(14,15)16)17-12-9(2)18-10-5-3-4-6-11(10)19-12/h3-6,8H,7H2,1-2H3,(H,17,19). The van der Waals surface area contributed by atoms with Crippen LogP contribution in [-0.4, -0.2) is 22.2 Å². The molecule has 0 bridgehead atoms. The van der Waals surface area contributed by atoms with Crippen LogP contribution in [0.2, 0.25) is 0 Å². The molecule has 1 N–H and O–H groups in total. The van der Waals surface area contributed by atoms with E-state index in [2.05, 4.69) is 15.3 Å². The number of anilines is 1. The van der Waals surface area contributed by atoms with Crippen molar-refractivity contribution in [2.45, 2.75) is 32.5 Å². The normalized spacial score (nSPS) is 13.5. The Hall–Kier alpha value is -1.85. The molecule has 2 aromatic rings. The summed E-state index contributed by atoms with van der Waals surface area (Å²) in [6.07, 6.45) is -5.09. The highest BCUT2D eigenvalue weighted by Gasteiger charge is 2.30. The van der Waals surface area contributed by atoms with Crippen LogP contribution < -0.4 is 5.32 Å². The summed E-state index contributed by atoms with van der Waals surface area (Å²) in [6, 6.07) is 6.51. The van der Waals surface area contributed by atoms with Crippen molar-refractivity contribution in [3.63, 3.8) is 0 Å². The van der Waals surface area contributed by atoms with Crippen LogP contribution in [0.3, 0.4) is 0 Å². The van der Waals surface area contributed by atoms with Crippen molar-refractivity contribution in [2.75, 3.05) is 5.32 Å². The van der Waals surface area contributed by atoms with Gasteiger partial charge in [0.25, 0.3) is 0 Å². The quantitative estimate of drug-likeness (QED) is 0.923. The number of rotatable bonds is 3. The molecular weight excluding hydrogens is 255 g/mol. The molecule has 1 unspecified atom stereocenters. The van der Waals surface area contributed by atoms with E-state index in [0.29, 0.717) is 17.0 Å². The average molecular weight is 269 g/mol. The predicted octanol–water partition coefficient (Wildman–Crippen LogP) is 3.69. The largest absolute Gasteiger partial charge is 0.391 e. The van der Waals surface area contributed by atoms with E-state index in [0.717, 1.165) is 5.52 Å². The van der Waals surface area contributed by atoms with Crippen LogP contribution in [0.15, 0.2) is 24.3 Å². The smallest absolute Gasteiger partial charge is 0.366 e. The van der Waals surface area contributed by atoms with Crippen molar-refractivity contribution >= 4 is 16.9 Å². The topological polar surface area (TPSA) is 37.8 Å². The average Bonchev–Trinajstić information content (AvgIpc) is 2.27. The Morgan fingerprint density at radius 1 is 1.16 bits per heavy atom. The van der Waals surface area contributed by atoms with Crippen molar-refractivity contribution in [1.82, 2.24) is 9.97 Å². The highest BCUT2D eigenvalue weighted by molar-refractivity contribution is 5.76. The van der Waals surface area contributed by atoms with Crippen LogP contribution in [0, 0.1) is 6.92 Å². The molecule has 0 aliphatic rings. The fourth-order valence-electron chi connectivity index (χ4n) is 1.86. The Morgan fingerprint density at radius 3 is 2.32 bits per heavy atom. The number of aryl methyl sites for hydroxylation is 1. The molecule has 1 aromatic heterocycles. The Bertz CT molecular complexity index is 581. The lowest BCUT2D eigenvalue weighted by atomic mass is 10.2. The van der Waals surface area contributed by atoms with Gasteiger partial charge in [-0.1, -0.05) is 12.1 Å². The zero-order valence-electron chi connectivity index (χ0n) is 10.6. The zero-order chi connectivity index (χ0) is 14.0. The predicted molar refractivity (Wildman–Crippen MR) is 68.0 cm³/mol. The summed E-state index contributed by atoms with van der Waals surface area (Å²) in [5.41, 5.74) is 1.98. The second kappa shape index (κ2) is 5.03. The molecular formula is C13H14F3N3. The van der Waals surface area contributed by atoms with Gasteiger partial charge < -0.3 is 5.32 Å². The van der Waals surface area contributed by atoms with E-state index in [9.17, 15) is 13.2 Å². The third-order valence-electron chi connectivity index (χ3n) is 2.67. The van der Waals surface area contributed by atoms with Crippen molar-refractivity contribution < 1.29 is 13.2 Å². The van der Waals surface area contributed by atoms with Crippen molar-refractivity contribution in [3.05, 3.63) is 30.0 Å². The second-order valence-corrected chi connectivity index (χ2v) is 4.51. The van der Waals surface area contributed by atoms with E-state index in [-0.39, 0.29) is 0 Å². The van der Waals surface area contributed by atoms with Crippen LogP contribution in [0.1, 0.15) is 19.0 Å². The SMILES string of the molecule is Cc1nc2ccccc2nc1NC(C)CC(F)(F)F. The third-order valence-corrected chi connectivity index (χ3v) is 2.67. The molecule has 1 aromatic carbocycles. The summed E-state index contributed by atoms with van der Waals surface area (Å²) in [7, 11) is 0. The number of hydrogen-bond donors (Lipinski definition) is 1. The second-order valence-electron chi connectivity index (χ2n) is 4.51. The lowest BCUT2D eigenvalue weighted by Gasteiger charge is -2.17. The minimum absolute atomic E-state index is 0.399. The van der Waals surface area contributed by atoms with Gasteiger partial charge >= 0.3 is 6.18 Å². The van der Waals surface area contributed by atoms with Gasteiger partial charge in [-0.05, 0) is 26.0 Å². The van der Waals surface area contributed by atoms with Crippen LogP contribution in [0.4, 0.5) is 19.0 Å². The molecule has 3 nitrogen and oxygen atoms in total. The summed E-state index contributed by atoms with van der Waals surface area (Å²) in [4.78, 5) is 8.62. The number of nitrogens with zero attached hydrogens (tertiary/aromatic N) is 2. The number of alkyl halides is 3. The lowest BCUT2D eigenvalue weighted by Crippen LogP contribution is -2.24. The Kier molecular flexibility index (Phi) is 3.59. The van der Waals surface area contributed by atoms with Crippen LogP contribution >= 0.6 is 0 Å². The summed E-state index contributed by atoms with van der Waals surface area (Å²) in [5.74, 6) is 0.399. The Balaban J connectivity index is 2.23. The summed E-state index contributed by atoms with van der Waals surface area (Å²) < 4.78 is 36.9. The minimum Gasteiger partial charge on any atom is -0.366 e. The van der Waals surface area contributed by atoms with Gasteiger partial charge in [0, 0.05) is 6.04 Å². The van der Waals surface area contributed by atoms with Gasteiger partial charge in [-0.15, -0.1) is 0 Å². The molecule has 1 atom stereocenters. The molecule has 0 aliphatic heterocycles. The molecule has 0 aliphatic carbocycles. The van der Waals surface area contributed by atoms with E-state index in [1.807, 2.05) is 18.2 Å². The monoisotopic (exact) mass is 269 g/mol. The fraction of sp³-hybridized carbons (Fsp3) is 0.385. The van der Waals surface area contributed by atoms with Gasteiger partial charge in [0.15, 0.2) is 0 Å². The van der Waals surface area contributed by atoms with E-state index in [4.69, 9.17) is 0 Å². The maximum atomic E-state index is 12.3. The zero-order valence-corrected chi connectivity index (χ0v) is 10.6. The Labute approximate surface area is 108 Å². The maximum Gasteiger partial charge on any atom is 0.391 e. The van der Waals surface area contributed by atoms with Crippen LogP contribution in [-0.2, 0) is 0 Å². The Morgan fingerprint density at radius 2 is 1.74 bits per heavy atom. The van der Waals surface area contributed by atoms with E-state index < -0.39 is 18.6 Å². The van der Waals surface area contributed by atoms with Gasteiger partial charge in [-0.3, -0.25) is 0 Å². The van der Waals surface area contributed by atoms with Crippen LogP contribution in [0.25, 0.3) is 11.0 Å². The van der Waals surface area contributed by atoms with Gasteiger partial charge in [-0.25, -0.2) is 9.97 Å². The molecule has 0 saturated carbocycles. The summed E-state index contributed by atoms with van der Waals surface area (Å²) in [6.45, 7) is 3.20. The number of fused-ring (bicyclic) bond motifs is 1. The van der Waals surface area contributed by atoms with Crippen molar-refractivity contribution in [3.8, 4) is 0 Å². The number of hydrogen-bond acceptors (Lipinski definition) is 3. The number of aromatic nitrogens is 2. The molecule has 0 radical (unpaired) electrons. The summed E-state index contributed by atoms with van der Waals surface area (Å²) >= 11 is 0. The lowest BCUT2D eigenvalue weighted by molar-refractivity contribution is -0.136. The first-order valence-electron chi connectivity index (χ1n) is 5.92. The molecule has 0 fully saturated rings. The minimum atomic E-state index is -4.19. The molecule has 2 rings (SSSR count). The fourth-order valence-corrected chi connectivity index (χ4v) is 1.86. The molecule has 19 heavy (non-hydrogen) atoms. The number of nitrogens with one attached hydrogen (secondary N) is 1. The van der Waals surface area contributed by atoms with Crippen molar-refractivity contribution in [1.29, 1.82) is 0 Å². The highest BCUT2D eigenvalue weighted by atomic mass is 19.4. The number of halogens is 3. The summed E-state index contributed by atoms with van der Waals surface area (Å²) in [5, 5.41) is 2.77. The highest BCUT2D eigenvalue weighted by Crippen LogP contribution is 2.24. The molecule has 0 saturated heterocycles. The first-order valence-corrected chi connectivity index (χ1v) is 5.92. The first-order chi connectivity index (χ1) is 8.85. The number of para-hydroxylation sites is 2. The third kappa shape index (κ3) is 3.56. The van der Waals surface area contributed by atoms with Crippen LogP contribution in [0.5, 0.6) is 0 Å².